The summed E-state index contributed by atoms with van der Waals surface area (Å²) in [5.74, 6) is 0.208. The Balaban J connectivity index is 1.84. The molecule has 1 aliphatic rings. The second-order valence-electron chi connectivity index (χ2n) is 5.70. The van der Waals surface area contributed by atoms with Crippen LogP contribution >= 0.6 is 11.6 Å². The van der Waals surface area contributed by atoms with Crippen LogP contribution in [0.2, 0.25) is 5.02 Å². The molecule has 0 aromatic heterocycles. The summed E-state index contributed by atoms with van der Waals surface area (Å²) >= 11 is 5.95. The number of carbonyl (C=O) groups is 1. The van der Waals surface area contributed by atoms with E-state index in [0.717, 1.165) is 11.3 Å². The molecule has 2 rings (SSSR count). The maximum Gasteiger partial charge on any atom is 0.224 e. The Hall–Kier alpha value is -1.27. The van der Waals surface area contributed by atoms with Gasteiger partial charge in [0.1, 0.15) is 0 Å². The smallest absolute Gasteiger partial charge is 0.224 e. The highest BCUT2D eigenvalue weighted by Gasteiger charge is 2.32. The van der Waals surface area contributed by atoms with Crippen molar-refractivity contribution >= 4 is 33.0 Å². The minimum Gasteiger partial charge on any atom is -0.384 e. The fourth-order valence-electron chi connectivity index (χ4n) is 2.55. The molecule has 122 valence electrons. The summed E-state index contributed by atoms with van der Waals surface area (Å²) in [4.78, 5) is 13.7. The van der Waals surface area contributed by atoms with Gasteiger partial charge in [0, 0.05) is 36.8 Å². The molecule has 1 heterocycles. The topological polar surface area (TPSA) is 66.5 Å². The minimum absolute atomic E-state index is 0.0470. The van der Waals surface area contributed by atoms with Gasteiger partial charge in [0.15, 0.2) is 9.84 Å². The molecule has 1 unspecified atom stereocenters. The summed E-state index contributed by atoms with van der Waals surface area (Å²) in [6.45, 7) is 2.46. The molecule has 1 aliphatic heterocycles. The molecule has 0 bridgehead atoms. The monoisotopic (exact) mass is 344 g/mol. The fourth-order valence-corrected chi connectivity index (χ4v) is 4.50. The number of carbonyl (C=O) groups excluding carboxylic acids is 1. The summed E-state index contributed by atoms with van der Waals surface area (Å²) in [6, 6.07) is 5.38. The number of nitrogens with zero attached hydrogens (tertiary/aromatic N) is 1. The quantitative estimate of drug-likeness (QED) is 0.888. The highest BCUT2D eigenvalue weighted by atomic mass is 35.5. The largest absolute Gasteiger partial charge is 0.384 e. The standard InChI is InChI=1S/C15H21ClN2O3S/c1-11-3-4-12(16)9-14(11)17-7-5-15(19)18(2)13-6-8-22(20,21)10-13/h3-4,9,13,17H,5-8,10H2,1-2H3. The van der Waals surface area contributed by atoms with Crippen molar-refractivity contribution in [2.24, 2.45) is 0 Å². The van der Waals surface area contributed by atoms with E-state index in [9.17, 15) is 13.2 Å². The molecule has 22 heavy (non-hydrogen) atoms. The van der Waals surface area contributed by atoms with Crippen LogP contribution < -0.4 is 5.32 Å². The second kappa shape index (κ2) is 6.87. The molecular weight excluding hydrogens is 324 g/mol. The number of halogens is 1. The highest BCUT2D eigenvalue weighted by Crippen LogP contribution is 2.20. The van der Waals surface area contributed by atoms with E-state index in [4.69, 9.17) is 11.6 Å². The van der Waals surface area contributed by atoms with Crippen LogP contribution in [0.4, 0.5) is 5.69 Å². The number of sulfone groups is 1. The van der Waals surface area contributed by atoms with E-state index in [1.54, 1.807) is 11.9 Å². The van der Waals surface area contributed by atoms with Crippen molar-refractivity contribution in [1.82, 2.24) is 4.90 Å². The molecule has 7 heteroatoms. The van der Waals surface area contributed by atoms with Crippen molar-refractivity contribution in [3.05, 3.63) is 28.8 Å². The molecule has 1 aromatic rings. The van der Waals surface area contributed by atoms with E-state index < -0.39 is 9.84 Å². The maximum atomic E-state index is 12.1. The average Bonchev–Trinajstić information content (AvgIpc) is 2.82. The molecule has 1 aromatic carbocycles. The van der Waals surface area contributed by atoms with Crippen LogP contribution in [0.1, 0.15) is 18.4 Å². The van der Waals surface area contributed by atoms with E-state index in [0.29, 0.717) is 24.4 Å². The summed E-state index contributed by atoms with van der Waals surface area (Å²) in [6.07, 6.45) is 0.852. The van der Waals surface area contributed by atoms with Crippen molar-refractivity contribution in [3.63, 3.8) is 0 Å². The molecule has 1 N–H and O–H groups in total. The second-order valence-corrected chi connectivity index (χ2v) is 8.36. The van der Waals surface area contributed by atoms with Gasteiger partial charge in [0.2, 0.25) is 5.91 Å². The third kappa shape index (κ3) is 4.36. The third-order valence-corrected chi connectivity index (χ3v) is 5.99. The highest BCUT2D eigenvalue weighted by molar-refractivity contribution is 7.91. The molecular formula is C15H21ClN2O3S. The van der Waals surface area contributed by atoms with Gasteiger partial charge in [-0.05, 0) is 31.0 Å². The van der Waals surface area contributed by atoms with Crippen LogP contribution in [0.3, 0.4) is 0 Å². The lowest BCUT2D eigenvalue weighted by molar-refractivity contribution is -0.131. The predicted molar refractivity (Wildman–Crippen MR) is 89.1 cm³/mol. The Labute approximate surface area is 136 Å². The SMILES string of the molecule is Cc1ccc(Cl)cc1NCCC(=O)N(C)C1CCS(=O)(=O)C1. The van der Waals surface area contributed by atoms with Crippen molar-refractivity contribution in [2.75, 3.05) is 30.4 Å². The van der Waals surface area contributed by atoms with Crippen LogP contribution in [0.15, 0.2) is 18.2 Å². The van der Waals surface area contributed by atoms with Gasteiger partial charge in [0.25, 0.3) is 0 Å². The number of anilines is 1. The lowest BCUT2D eigenvalue weighted by Gasteiger charge is -2.23. The van der Waals surface area contributed by atoms with Crippen LogP contribution in [0.5, 0.6) is 0 Å². The molecule has 1 saturated heterocycles. The Bertz CT molecular complexity index is 661. The number of nitrogens with one attached hydrogen (secondary N) is 1. The summed E-state index contributed by atoms with van der Waals surface area (Å²) in [5, 5.41) is 3.84. The van der Waals surface area contributed by atoms with Gasteiger partial charge in [-0.2, -0.15) is 0 Å². The first-order valence-electron chi connectivity index (χ1n) is 7.24. The molecule has 0 radical (unpaired) electrons. The maximum absolute atomic E-state index is 12.1. The van der Waals surface area contributed by atoms with Crippen molar-refractivity contribution in [3.8, 4) is 0 Å². The fraction of sp³-hybridized carbons (Fsp3) is 0.533. The number of hydrogen-bond acceptors (Lipinski definition) is 4. The molecule has 5 nitrogen and oxygen atoms in total. The summed E-state index contributed by atoms with van der Waals surface area (Å²) in [5.41, 5.74) is 1.97. The first kappa shape index (κ1) is 17.1. The van der Waals surface area contributed by atoms with E-state index in [-0.39, 0.29) is 23.5 Å². The predicted octanol–water partition coefficient (Wildman–Crippen LogP) is 2.10. The zero-order valence-corrected chi connectivity index (χ0v) is 14.4. The Kier molecular flexibility index (Phi) is 5.34. The first-order chi connectivity index (χ1) is 10.3. The molecule has 0 aliphatic carbocycles. The van der Waals surface area contributed by atoms with Gasteiger partial charge >= 0.3 is 0 Å². The lowest BCUT2D eigenvalue weighted by Crippen LogP contribution is -2.38. The van der Waals surface area contributed by atoms with E-state index in [2.05, 4.69) is 5.32 Å². The number of amides is 1. The Morgan fingerprint density at radius 2 is 2.18 bits per heavy atom. The van der Waals surface area contributed by atoms with Crippen molar-refractivity contribution in [1.29, 1.82) is 0 Å². The van der Waals surface area contributed by atoms with E-state index in [1.165, 1.54) is 0 Å². The van der Waals surface area contributed by atoms with Gasteiger partial charge in [-0.25, -0.2) is 8.42 Å². The minimum atomic E-state index is -2.97. The molecule has 1 amide bonds. The third-order valence-electron chi connectivity index (χ3n) is 4.00. The first-order valence-corrected chi connectivity index (χ1v) is 9.44. The Morgan fingerprint density at radius 1 is 1.45 bits per heavy atom. The van der Waals surface area contributed by atoms with Gasteiger partial charge in [0.05, 0.1) is 11.5 Å². The summed E-state index contributed by atoms with van der Waals surface area (Å²) in [7, 11) is -1.29. The van der Waals surface area contributed by atoms with E-state index >= 15 is 0 Å². The van der Waals surface area contributed by atoms with Crippen LogP contribution in [0.25, 0.3) is 0 Å². The van der Waals surface area contributed by atoms with Gasteiger partial charge in [-0.15, -0.1) is 0 Å². The van der Waals surface area contributed by atoms with Gasteiger partial charge in [-0.3, -0.25) is 4.79 Å². The molecule has 0 saturated carbocycles. The zero-order valence-electron chi connectivity index (χ0n) is 12.8. The van der Waals surface area contributed by atoms with Gasteiger partial charge in [-0.1, -0.05) is 17.7 Å². The molecule has 0 spiro atoms. The number of aryl methyl sites for hydroxylation is 1. The number of rotatable bonds is 5. The van der Waals surface area contributed by atoms with Crippen LogP contribution in [-0.4, -0.2) is 50.4 Å². The number of benzene rings is 1. The van der Waals surface area contributed by atoms with E-state index in [1.807, 2.05) is 25.1 Å². The zero-order chi connectivity index (χ0) is 16.3. The van der Waals surface area contributed by atoms with Gasteiger partial charge < -0.3 is 10.2 Å². The number of hydrogen-bond donors (Lipinski definition) is 1. The van der Waals surface area contributed by atoms with Crippen LogP contribution in [0, 0.1) is 6.92 Å². The molecule has 1 atom stereocenters. The van der Waals surface area contributed by atoms with Crippen LogP contribution in [-0.2, 0) is 14.6 Å². The van der Waals surface area contributed by atoms with Crippen molar-refractivity contribution < 1.29 is 13.2 Å². The Morgan fingerprint density at radius 3 is 2.82 bits per heavy atom. The average molecular weight is 345 g/mol. The molecule has 1 fully saturated rings. The normalized spacial score (nSPS) is 19.9. The summed E-state index contributed by atoms with van der Waals surface area (Å²) < 4.78 is 22.9. The lowest BCUT2D eigenvalue weighted by atomic mass is 10.2. The van der Waals surface area contributed by atoms with Crippen molar-refractivity contribution in [2.45, 2.75) is 25.8 Å².